The van der Waals surface area contributed by atoms with Gasteiger partial charge in [0.05, 0.1) is 24.3 Å². The van der Waals surface area contributed by atoms with E-state index in [0.717, 1.165) is 36.4 Å². The number of thiazole rings is 1. The fourth-order valence-electron chi connectivity index (χ4n) is 7.19. The lowest BCUT2D eigenvalue weighted by Gasteiger charge is -2.35. The van der Waals surface area contributed by atoms with Crippen molar-refractivity contribution in [2.24, 2.45) is 11.8 Å². The largest absolute Gasteiger partial charge is 0.481 e. The minimum atomic E-state index is -4.30. The molecule has 2 heterocycles. The van der Waals surface area contributed by atoms with Gasteiger partial charge in [-0.1, -0.05) is 76.3 Å². The van der Waals surface area contributed by atoms with Gasteiger partial charge in [-0.15, -0.1) is 11.3 Å². The van der Waals surface area contributed by atoms with Gasteiger partial charge in [0.2, 0.25) is 17.7 Å². The number of rotatable bonds is 20. The van der Waals surface area contributed by atoms with Crippen molar-refractivity contribution in [3.05, 3.63) is 47.0 Å². The van der Waals surface area contributed by atoms with Gasteiger partial charge >= 0.3 is 5.97 Å². The van der Waals surface area contributed by atoms with Crippen molar-refractivity contribution in [2.75, 3.05) is 31.9 Å². The van der Waals surface area contributed by atoms with Crippen molar-refractivity contribution in [3.8, 4) is 0 Å². The standard InChI is InChI=1S/C37H57N7O9S2/c1-24(2)19-31(45)34(49)28(20-25-9-5-3-6-10-25)40-35(50)29(22-27-23-54-37(38)39-27)41-36(51)30(21-26-11-7-4-8-12-26)42-55(52,53)44-17-15-43(16-18-44)32(46)13-14-33(47)48/h4,7-8,11-12,23-25,28-31,34,42,45,49H,3,5-6,9-10,13-22H2,1-2H3,(H2,38,39)(H,40,50)(H,41,51)(H,47,48)/t28-,29-,30-,31-,34+/m0/s1. The first-order valence-electron chi connectivity index (χ1n) is 19.1. The van der Waals surface area contributed by atoms with Crippen LogP contribution in [0, 0.1) is 11.8 Å². The Hall–Kier alpha value is -3.68. The number of aliphatic carboxylic acids is 1. The summed E-state index contributed by atoms with van der Waals surface area (Å²) in [7, 11) is -4.30. The molecule has 1 saturated carbocycles. The lowest BCUT2D eigenvalue weighted by molar-refractivity contribution is -0.141. The highest BCUT2D eigenvalue weighted by Crippen LogP contribution is 2.29. The molecule has 2 aliphatic rings. The second-order valence-corrected chi connectivity index (χ2v) is 17.6. The molecular formula is C37H57N7O9S2. The lowest BCUT2D eigenvalue weighted by Crippen LogP contribution is -2.60. The summed E-state index contributed by atoms with van der Waals surface area (Å²) in [5.41, 5.74) is 6.98. The fraction of sp³-hybridized carbons (Fsp3) is 0.649. The molecule has 3 amide bonds. The normalized spacial score (nSPS) is 18.6. The molecule has 1 aromatic carbocycles. The molecule has 16 nitrogen and oxygen atoms in total. The Bertz CT molecular complexity index is 1660. The number of aromatic nitrogens is 1. The molecule has 1 aliphatic heterocycles. The third-order valence-electron chi connectivity index (χ3n) is 10.1. The van der Waals surface area contributed by atoms with E-state index < -0.39 is 58.3 Å². The molecule has 1 aliphatic carbocycles. The summed E-state index contributed by atoms with van der Waals surface area (Å²) < 4.78 is 31.1. The van der Waals surface area contributed by atoms with Gasteiger partial charge in [-0.3, -0.25) is 19.2 Å². The number of aliphatic hydroxyl groups excluding tert-OH is 2. The Kier molecular flexibility index (Phi) is 16.8. The Morgan fingerprint density at radius 3 is 2.18 bits per heavy atom. The highest BCUT2D eigenvalue weighted by atomic mass is 32.2. The molecule has 306 valence electrons. The number of benzene rings is 1. The van der Waals surface area contributed by atoms with Crippen molar-refractivity contribution in [1.29, 1.82) is 0 Å². The molecule has 1 saturated heterocycles. The third kappa shape index (κ3) is 14.1. The van der Waals surface area contributed by atoms with Gasteiger partial charge in [-0.05, 0) is 36.7 Å². The first-order chi connectivity index (χ1) is 26.1. The summed E-state index contributed by atoms with van der Waals surface area (Å²) in [5.74, 6) is -2.56. The average molecular weight is 808 g/mol. The van der Waals surface area contributed by atoms with E-state index in [9.17, 15) is 37.8 Å². The molecule has 2 aromatic rings. The molecule has 0 spiro atoms. The van der Waals surface area contributed by atoms with E-state index >= 15 is 0 Å². The van der Waals surface area contributed by atoms with Crippen LogP contribution in [0.3, 0.4) is 0 Å². The van der Waals surface area contributed by atoms with Gasteiger partial charge in [-0.25, -0.2) is 4.98 Å². The number of amides is 3. The minimum absolute atomic E-state index is 0.0493. The number of nitrogens with two attached hydrogens (primary N) is 1. The van der Waals surface area contributed by atoms with Gasteiger partial charge in [0.25, 0.3) is 10.2 Å². The predicted molar refractivity (Wildman–Crippen MR) is 208 cm³/mol. The predicted octanol–water partition coefficient (Wildman–Crippen LogP) is 1.43. The van der Waals surface area contributed by atoms with Crippen molar-refractivity contribution in [1.82, 2.24) is 29.5 Å². The number of hydrogen-bond donors (Lipinski definition) is 7. The minimum Gasteiger partial charge on any atom is -0.481 e. The molecule has 4 rings (SSSR count). The number of carboxylic acid groups (broad SMARTS) is 1. The third-order valence-corrected chi connectivity index (χ3v) is 12.5. The van der Waals surface area contributed by atoms with Crippen molar-refractivity contribution >= 4 is 50.4 Å². The fourth-order valence-corrected chi connectivity index (χ4v) is 9.11. The van der Waals surface area contributed by atoms with Crippen LogP contribution in [-0.2, 0) is 42.2 Å². The van der Waals surface area contributed by atoms with Crippen molar-refractivity contribution in [3.63, 3.8) is 0 Å². The van der Waals surface area contributed by atoms with Crippen LogP contribution in [0.2, 0.25) is 0 Å². The number of anilines is 1. The summed E-state index contributed by atoms with van der Waals surface area (Å²) in [6, 6.07) is 5.38. The Morgan fingerprint density at radius 2 is 1.58 bits per heavy atom. The van der Waals surface area contributed by atoms with Gasteiger partial charge < -0.3 is 36.6 Å². The van der Waals surface area contributed by atoms with Crippen LogP contribution in [0.4, 0.5) is 5.13 Å². The summed E-state index contributed by atoms with van der Waals surface area (Å²) in [4.78, 5) is 57.4. The van der Waals surface area contributed by atoms with E-state index in [1.807, 2.05) is 13.8 Å². The zero-order chi connectivity index (χ0) is 40.1. The Labute approximate surface area is 327 Å². The average Bonchev–Trinajstić information content (AvgIpc) is 3.57. The number of carboxylic acids is 1. The number of carbonyl (C=O) groups is 4. The molecule has 0 unspecified atom stereocenters. The zero-order valence-electron chi connectivity index (χ0n) is 31.6. The molecule has 8 N–H and O–H groups in total. The smallest absolute Gasteiger partial charge is 0.303 e. The van der Waals surface area contributed by atoms with Crippen LogP contribution < -0.4 is 21.1 Å². The number of hydrogen-bond acceptors (Lipinski definition) is 11. The molecule has 55 heavy (non-hydrogen) atoms. The summed E-state index contributed by atoms with van der Waals surface area (Å²) >= 11 is 1.17. The summed E-state index contributed by atoms with van der Waals surface area (Å²) in [6.45, 7) is 3.82. The van der Waals surface area contributed by atoms with Gasteiger partial charge in [0.1, 0.15) is 18.2 Å². The first kappa shape index (κ1) is 44.0. The van der Waals surface area contributed by atoms with E-state index in [1.54, 1.807) is 35.7 Å². The molecule has 0 bridgehead atoms. The Morgan fingerprint density at radius 1 is 0.927 bits per heavy atom. The maximum atomic E-state index is 14.2. The van der Waals surface area contributed by atoms with Crippen LogP contribution in [0.15, 0.2) is 35.7 Å². The number of aliphatic hydroxyl groups is 2. The lowest BCUT2D eigenvalue weighted by atomic mass is 9.82. The van der Waals surface area contributed by atoms with Gasteiger partial charge in [0.15, 0.2) is 5.13 Å². The molecule has 5 atom stereocenters. The first-order valence-corrected chi connectivity index (χ1v) is 21.4. The highest BCUT2D eigenvalue weighted by molar-refractivity contribution is 7.87. The molecule has 18 heteroatoms. The van der Waals surface area contributed by atoms with E-state index in [-0.39, 0.29) is 74.7 Å². The maximum Gasteiger partial charge on any atom is 0.303 e. The molecule has 0 radical (unpaired) electrons. The topological polar surface area (TPSA) is 245 Å². The number of carbonyl (C=O) groups excluding carboxylic acids is 3. The summed E-state index contributed by atoms with van der Waals surface area (Å²) in [6.07, 6.45) is 2.86. The van der Waals surface area contributed by atoms with Gasteiger partial charge in [-0.2, -0.15) is 17.4 Å². The highest BCUT2D eigenvalue weighted by Gasteiger charge is 2.37. The van der Waals surface area contributed by atoms with Crippen LogP contribution >= 0.6 is 11.3 Å². The quantitative estimate of drug-likeness (QED) is 0.101. The zero-order valence-corrected chi connectivity index (χ0v) is 33.3. The second kappa shape index (κ2) is 21.0. The number of nitrogen functional groups attached to an aromatic ring is 1. The number of nitrogens with zero attached hydrogens (tertiary/aromatic N) is 3. The summed E-state index contributed by atoms with van der Waals surface area (Å²) in [5, 5.41) is 38.8. The van der Waals surface area contributed by atoms with Crippen LogP contribution in [-0.4, -0.2) is 118 Å². The second-order valence-electron chi connectivity index (χ2n) is 15.0. The van der Waals surface area contributed by atoms with E-state index in [4.69, 9.17) is 10.8 Å². The van der Waals surface area contributed by atoms with E-state index in [2.05, 4.69) is 20.3 Å². The number of nitrogens with one attached hydrogen (secondary N) is 3. The van der Waals surface area contributed by atoms with Crippen molar-refractivity contribution in [2.45, 2.75) is 115 Å². The monoisotopic (exact) mass is 807 g/mol. The van der Waals surface area contributed by atoms with E-state index in [1.165, 1.54) is 16.2 Å². The van der Waals surface area contributed by atoms with Gasteiger partial charge in [0, 0.05) is 44.4 Å². The SMILES string of the molecule is CC(C)C[C@H](O)[C@H](O)[C@H](CC1CCCCC1)NC(=O)[C@H](Cc1csc(N)n1)NC(=O)[C@H](Cc1ccccc1)NS(=O)(=O)N1CCN(C(=O)CCC(=O)O)CC1. The molecule has 2 fully saturated rings. The number of piperazine rings is 1. The van der Waals surface area contributed by atoms with E-state index in [0.29, 0.717) is 24.1 Å². The van der Waals surface area contributed by atoms with Crippen LogP contribution in [0.25, 0.3) is 0 Å². The molecular weight excluding hydrogens is 751 g/mol. The van der Waals surface area contributed by atoms with Crippen LogP contribution in [0.5, 0.6) is 0 Å². The molecule has 1 aromatic heterocycles. The maximum absolute atomic E-state index is 14.2. The van der Waals surface area contributed by atoms with Crippen molar-refractivity contribution < 1.29 is 42.9 Å². The Balaban J connectivity index is 1.55. The van der Waals surface area contributed by atoms with Crippen LogP contribution in [0.1, 0.15) is 82.9 Å².